The van der Waals surface area contributed by atoms with Gasteiger partial charge in [-0.1, -0.05) is 36.7 Å². The van der Waals surface area contributed by atoms with Gasteiger partial charge in [0, 0.05) is 5.02 Å². The third-order valence-corrected chi connectivity index (χ3v) is 5.20. The van der Waals surface area contributed by atoms with Gasteiger partial charge in [-0.05, 0) is 80.0 Å². The second kappa shape index (κ2) is 9.14. The Morgan fingerprint density at radius 1 is 1.07 bits per heavy atom. The minimum absolute atomic E-state index is 0.0139. The molecule has 1 aliphatic carbocycles. The van der Waals surface area contributed by atoms with Gasteiger partial charge in [0.25, 0.3) is 0 Å². The first kappa shape index (κ1) is 19.6. The van der Waals surface area contributed by atoms with Gasteiger partial charge in [0.05, 0.1) is 6.04 Å². The monoisotopic (exact) mass is 386 g/mol. The SMILES string of the molecule is CCC(NC(=O)NC(C)Oc1ccc(Cl)cc1)c1ccc2c(c1)CCCC2. The van der Waals surface area contributed by atoms with Crippen LogP contribution in [0.4, 0.5) is 4.79 Å². The van der Waals surface area contributed by atoms with E-state index in [4.69, 9.17) is 16.3 Å². The number of amides is 2. The predicted octanol–water partition coefficient (Wildman–Crippen LogP) is 5.39. The third-order valence-electron chi connectivity index (χ3n) is 4.95. The van der Waals surface area contributed by atoms with Gasteiger partial charge in [0.2, 0.25) is 0 Å². The van der Waals surface area contributed by atoms with E-state index in [2.05, 4.69) is 35.8 Å². The zero-order valence-corrected chi connectivity index (χ0v) is 16.7. The van der Waals surface area contributed by atoms with E-state index in [9.17, 15) is 4.79 Å². The van der Waals surface area contributed by atoms with E-state index in [0.717, 1.165) is 12.8 Å². The first-order chi connectivity index (χ1) is 13.0. The summed E-state index contributed by atoms with van der Waals surface area (Å²) in [6.07, 6.45) is 5.21. The number of rotatable bonds is 6. The molecule has 144 valence electrons. The maximum absolute atomic E-state index is 12.4. The first-order valence-electron chi connectivity index (χ1n) is 9.66. The molecule has 4 nitrogen and oxygen atoms in total. The smallest absolute Gasteiger partial charge is 0.318 e. The molecule has 2 N–H and O–H groups in total. The van der Waals surface area contributed by atoms with Crippen molar-refractivity contribution in [2.75, 3.05) is 0 Å². The van der Waals surface area contributed by atoms with E-state index in [1.54, 1.807) is 31.2 Å². The molecule has 1 aliphatic rings. The Morgan fingerprint density at radius 3 is 2.48 bits per heavy atom. The van der Waals surface area contributed by atoms with Crippen molar-refractivity contribution in [1.29, 1.82) is 0 Å². The first-order valence-corrected chi connectivity index (χ1v) is 10.0. The number of hydrogen-bond donors (Lipinski definition) is 2. The van der Waals surface area contributed by atoms with E-state index in [1.165, 1.54) is 36.0 Å². The molecule has 2 aromatic rings. The maximum atomic E-state index is 12.4. The van der Waals surface area contributed by atoms with Crippen LogP contribution in [0.1, 0.15) is 55.8 Å². The second-order valence-electron chi connectivity index (χ2n) is 7.03. The van der Waals surface area contributed by atoms with E-state index in [-0.39, 0.29) is 12.1 Å². The Labute approximate surface area is 166 Å². The van der Waals surface area contributed by atoms with Crippen LogP contribution in [0.5, 0.6) is 5.75 Å². The van der Waals surface area contributed by atoms with Crippen molar-refractivity contribution in [3.63, 3.8) is 0 Å². The van der Waals surface area contributed by atoms with Crippen LogP contribution in [0.2, 0.25) is 5.02 Å². The normalized spacial score (nSPS) is 15.4. The lowest BCUT2D eigenvalue weighted by Crippen LogP contribution is -2.44. The Balaban J connectivity index is 1.57. The molecule has 2 amide bonds. The lowest BCUT2D eigenvalue weighted by Gasteiger charge is -2.23. The molecule has 0 heterocycles. The zero-order chi connectivity index (χ0) is 19.2. The molecule has 27 heavy (non-hydrogen) atoms. The summed E-state index contributed by atoms with van der Waals surface area (Å²) in [4.78, 5) is 12.4. The highest BCUT2D eigenvalue weighted by Gasteiger charge is 2.17. The minimum Gasteiger partial charge on any atom is -0.471 e. The third kappa shape index (κ3) is 5.39. The Hall–Kier alpha value is -2.20. The largest absolute Gasteiger partial charge is 0.471 e. The standard InChI is InChI=1S/C22H27ClN2O2/c1-3-21(18-9-8-16-6-4-5-7-17(16)14-18)25-22(26)24-15(2)27-20-12-10-19(23)11-13-20/h8-15,21H,3-7H2,1-2H3,(H2,24,25,26). The van der Waals surface area contributed by atoms with E-state index < -0.39 is 6.23 Å². The van der Waals surface area contributed by atoms with Gasteiger partial charge in [-0.15, -0.1) is 0 Å². The highest BCUT2D eigenvalue weighted by Crippen LogP contribution is 2.26. The van der Waals surface area contributed by atoms with Gasteiger partial charge < -0.3 is 15.4 Å². The van der Waals surface area contributed by atoms with Crippen molar-refractivity contribution in [2.24, 2.45) is 0 Å². The molecule has 0 bridgehead atoms. The van der Waals surface area contributed by atoms with E-state index in [1.807, 2.05) is 0 Å². The number of ether oxygens (including phenoxy) is 1. The zero-order valence-electron chi connectivity index (χ0n) is 15.9. The fourth-order valence-electron chi connectivity index (χ4n) is 3.52. The molecule has 0 spiro atoms. The summed E-state index contributed by atoms with van der Waals surface area (Å²) in [6, 6.07) is 13.4. The minimum atomic E-state index is -0.452. The number of fused-ring (bicyclic) bond motifs is 1. The number of benzene rings is 2. The van der Waals surface area contributed by atoms with Crippen molar-refractivity contribution in [3.8, 4) is 5.75 Å². The summed E-state index contributed by atoms with van der Waals surface area (Å²) in [5.41, 5.74) is 4.05. The number of aryl methyl sites for hydroxylation is 2. The Morgan fingerprint density at radius 2 is 1.78 bits per heavy atom. The molecule has 3 rings (SSSR count). The molecule has 0 saturated heterocycles. The predicted molar refractivity (Wildman–Crippen MR) is 109 cm³/mol. The summed E-state index contributed by atoms with van der Waals surface area (Å²) < 4.78 is 5.70. The molecular formula is C22H27ClN2O2. The number of halogens is 1. The summed E-state index contributed by atoms with van der Waals surface area (Å²) in [5, 5.41) is 6.55. The topological polar surface area (TPSA) is 50.4 Å². The molecule has 2 aromatic carbocycles. The van der Waals surface area contributed by atoms with Crippen LogP contribution in [0, 0.1) is 0 Å². The molecule has 5 heteroatoms. The average Bonchev–Trinajstić information content (AvgIpc) is 2.67. The lowest BCUT2D eigenvalue weighted by molar-refractivity contribution is 0.175. The highest BCUT2D eigenvalue weighted by molar-refractivity contribution is 6.30. The van der Waals surface area contributed by atoms with Gasteiger partial charge in [-0.2, -0.15) is 0 Å². The number of carbonyl (C=O) groups is 1. The molecule has 2 atom stereocenters. The number of carbonyl (C=O) groups excluding carboxylic acids is 1. The fraction of sp³-hybridized carbons (Fsp3) is 0.409. The maximum Gasteiger partial charge on any atom is 0.318 e. The van der Waals surface area contributed by atoms with Crippen LogP contribution in [0.3, 0.4) is 0 Å². The van der Waals surface area contributed by atoms with Crippen molar-refractivity contribution in [2.45, 2.75) is 58.2 Å². The van der Waals surface area contributed by atoms with Gasteiger partial charge >= 0.3 is 6.03 Å². The van der Waals surface area contributed by atoms with Crippen LogP contribution in [-0.2, 0) is 12.8 Å². The quantitative estimate of drug-likeness (QED) is 0.653. The van der Waals surface area contributed by atoms with Crippen molar-refractivity contribution in [1.82, 2.24) is 10.6 Å². The summed E-state index contributed by atoms with van der Waals surface area (Å²) >= 11 is 5.87. The lowest BCUT2D eigenvalue weighted by atomic mass is 9.89. The molecule has 0 aromatic heterocycles. The number of nitrogens with one attached hydrogen (secondary N) is 2. The van der Waals surface area contributed by atoms with Gasteiger partial charge in [0.1, 0.15) is 5.75 Å². The van der Waals surface area contributed by atoms with Crippen LogP contribution >= 0.6 is 11.6 Å². The van der Waals surface area contributed by atoms with Gasteiger partial charge in [0.15, 0.2) is 6.23 Å². The number of hydrogen-bond acceptors (Lipinski definition) is 2. The highest BCUT2D eigenvalue weighted by atomic mass is 35.5. The number of urea groups is 1. The van der Waals surface area contributed by atoms with E-state index >= 15 is 0 Å². The molecular weight excluding hydrogens is 360 g/mol. The van der Waals surface area contributed by atoms with Gasteiger partial charge in [-0.3, -0.25) is 0 Å². The Bertz CT molecular complexity index is 776. The van der Waals surface area contributed by atoms with E-state index in [0.29, 0.717) is 10.8 Å². The molecule has 2 unspecified atom stereocenters. The molecule has 0 radical (unpaired) electrons. The summed E-state index contributed by atoms with van der Waals surface area (Å²) in [6.45, 7) is 3.88. The Kier molecular flexibility index (Phi) is 6.62. The molecule has 0 fully saturated rings. The van der Waals surface area contributed by atoms with Crippen LogP contribution < -0.4 is 15.4 Å². The van der Waals surface area contributed by atoms with Crippen LogP contribution in [-0.4, -0.2) is 12.3 Å². The average molecular weight is 387 g/mol. The van der Waals surface area contributed by atoms with Crippen molar-refractivity contribution >= 4 is 17.6 Å². The molecule has 0 saturated carbocycles. The fourth-order valence-corrected chi connectivity index (χ4v) is 3.65. The summed E-state index contributed by atoms with van der Waals surface area (Å²) in [5.74, 6) is 0.661. The van der Waals surface area contributed by atoms with Gasteiger partial charge in [-0.25, -0.2) is 4.79 Å². The van der Waals surface area contributed by atoms with Crippen molar-refractivity contribution < 1.29 is 9.53 Å². The summed E-state index contributed by atoms with van der Waals surface area (Å²) in [7, 11) is 0. The van der Waals surface area contributed by atoms with Crippen LogP contribution in [0.15, 0.2) is 42.5 Å². The second-order valence-corrected chi connectivity index (χ2v) is 7.46. The molecule has 0 aliphatic heterocycles. The van der Waals surface area contributed by atoms with Crippen molar-refractivity contribution in [3.05, 3.63) is 64.2 Å². The van der Waals surface area contributed by atoms with Crippen LogP contribution in [0.25, 0.3) is 0 Å².